The van der Waals surface area contributed by atoms with Gasteiger partial charge in [0.25, 0.3) is 5.91 Å². The standard InChI is InChI=1S/C30H32N2O/c1-23(31-20-25-12-6-3-7-13-25)18-19-28-22-32(21-26-14-8-4-9-15-26)30(33)29(28)24(2)27-16-10-5-11-17-27/h3-19,23,28,31H,20-22H2,1-2H3. The van der Waals surface area contributed by atoms with E-state index in [1.54, 1.807) is 0 Å². The first-order valence-electron chi connectivity index (χ1n) is 11.7. The van der Waals surface area contributed by atoms with Crippen LogP contribution in [0.15, 0.2) is 109 Å². The maximum atomic E-state index is 13.5. The first kappa shape index (κ1) is 22.8. The highest BCUT2D eigenvalue weighted by Gasteiger charge is 2.35. The molecule has 2 atom stereocenters. The summed E-state index contributed by atoms with van der Waals surface area (Å²) in [5, 5.41) is 3.56. The third kappa shape index (κ3) is 5.88. The van der Waals surface area contributed by atoms with Crippen molar-refractivity contribution >= 4 is 11.5 Å². The van der Waals surface area contributed by atoms with E-state index < -0.39 is 0 Å². The molecule has 3 aromatic carbocycles. The molecule has 1 amide bonds. The molecular weight excluding hydrogens is 404 g/mol. The lowest BCUT2D eigenvalue weighted by Crippen LogP contribution is -2.25. The number of rotatable bonds is 8. The molecule has 0 radical (unpaired) electrons. The lowest BCUT2D eigenvalue weighted by Gasteiger charge is -2.15. The van der Waals surface area contributed by atoms with Crippen LogP contribution in [0.25, 0.3) is 5.57 Å². The van der Waals surface area contributed by atoms with E-state index in [2.05, 4.69) is 79.8 Å². The molecule has 0 aromatic heterocycles. The third-order valence-corrected chi connectivity index (χ3v) is 6.24. The normalized spacial score (nSPS) is 18.7. The third-order valence-electron chi connectivity index (χ3n) is 6.24. The molecule has 0 aliphatic carbocycles. The van der Waals surface area contributed by atoms with E-state index in [1.807, 2.05) is 47.4 Å². The number of nitrogens with one attached hydrogen (secondary N) is 1. The summed E-state index contributed by atoms with van der Waals surface area (Å²) in [5.74, 6) is 0.210. The Labute approximate surface area is 197 Å². The van der Waals surface area contributed by atoms with Crippen LogP contribution in [-0.4, -0.2) is 23.4 Å². The minimum atomic E-state index is 0.0717. The molecule has 3 nitrogen and oxygen atoms in total. The van der Waals surface area contributed by atoms with E-state index in [0.717, 1.165) is 28.8 Å². The van der Waals surface area contributed by atoms with E-state index in [0.29, 0.717) is 13.1 Å². The summed E-state index contributed by atoms with van der Waals surface area (Å²) in [6.07, 6.45) is 4.42. The highest BCUT2D eigenvalue weighted by Crippen LogP contribution is 2.33. The molecular formula is C30H32N2O. The van der Waals surface area contributed by atoms with E-state index in [1.165, 1.54) is 5.56 Å². The van der Waals surface area contributed by atoms with Crippen LogP contribution in [0.1, 0.15) is 30.5 Å². The van der Waals surface area contributed by atoms with Crippen molar-refractivity contribution in [3.05, 3.63) is 125 Å². The fraction of sp³-hybridized carbons (Fsp3) is 0.233. The Morgan fingerprint density at radius 1 is 0.939 bits per heavy atom. The lowest BCUT2D eigenvalue weighted by atomic mass is 9.93. The van der Waals surface area contributed by atoms with Crippen LogP contribution >= 0.6 is 0 Å². The molecule has 1 aliphatic rings. The Morgan fingerprint density at radius 3 is 2.15 bits per heavy atom. The largest absolute Gasteiger partial charge is 0.334 e. The number of hydrogen-bond acceptors (Lipinski definition) is 2. The van der Waals surface area contributed by atoms with E-state index >= 15 is 0 Å². The van der Waals surface area contributed by atoms with Crippen LogP contribution in [0, 0.1) is 5.92 Å². The molecule has 1 fully saturated rings. The van der Waals surface area contributed by atoms with Crippen molar-refractivity contribution in [2.24, 2.45) is 5.92 Å². The highest BCUT2D eigenvalue weighted by molar-refractivity contribution is 6.03. The fourth-order valence-corrected chi connectivity index (χ4v) is 4.36. The molecule has 168 valence electrons. The molecule has 0 bridgehead atoms. The number of hydrogen-bond donors (Lipinski definition) is 1. The first-order chi connectivity index (χ1) is 16.1. The number of allylic oxidation sites excluding steroid dienone is 1. The molecule has 33 heavy (non-hydrogen) atoms. The van der Waals surface area contributed by atoms with Crippen LogP contribution in [-0.2, 0) is 17.9 Å². The van der Waals surface area contributed by atoms with Crippen molar-refractivity contribution in [2.45, 2.75) is 33.0 Å². The van der Waals surface area contributed by atoms with Crippen molar-refractivity contribution in [3.8, 4) is 0 Å². The van der Waals surface area contributed by atoms with Crippen LogP contribution in [0.4, 0.5) is 0 Å². The van der Waals surface area contributed by atoms with Crippen molar-refractivity contribution in [3.63, 3.8) is 0 Å². The molecule has 1 saturated heterocycles. The number of carbonyl (C=O) groups excluding carboxylic acids is 1. The van der Waals surface area contributed by atoms with Crippen molar-refractivity contribution in [1.82, 2.24) is 10.2 Å². The minimum absolute atomic E-state index is 0.0717. The van der Waals surface area contributed by atoms with Gasteiger partial charge in [-0.25, -0.2) is 0 Å². The summed E-state index contributed by atoms with van der Waals surface area (Å²) in [4.78, 5) is 15.5. The molecule has 2 unspecified atom stereocenters. The van der Waals surface area contributed by atoms with Gasteiger partial charge in [0.15, 0.2) is 0 Å². The SMILES string of the molecule is CC(=C1C(=O)N(Cc2ccccc2)CC1C=CC(C)NCc1ccccc1)c1ccccc1. The zero-order valence-corrected chi connectivity index (χ0v) is 19.4. The van der Waals surface area contributed by atoms with Gasteiger partial charge in [0.2, 0.25) is 0 Å². The van der Waals surface area contributed by atoms with Gasteiger partial charge in [0.1, 0.15) is 0 Å². The smallest absolute Gasteiger partial charge is 0.251 e. The molecule has 1 aliphatic heterocycles. The number of amides is 1. The van der Waals surface area contributed by atoms with Gasteiger partial charge >= 0.3 is 0 Å². The second kappa shape index (κ2) is 10.9. The summed E-state index contributed by atoms with van der Waals surface area (Å²) in [6.45, 7) is 6.40. The Kier molecular flexibility index (Phi) is 7.54. The number of benzene rings is 3. The van der Waals surface area contributed by atoms with Gasteiger partial charge in [-0.3, -0.25) is 4.79 Å². The molecule has 3 aromatic rings. The molecule has 3 heteroatoms. The summed E-state index contributed by atoms with van der Waals surface area (Å²) in [7, 11) is 0. The predicted molar refractivity (Wildman–Crippen MR) is 136 cm³/mol. The Morgan fingerprint density at radius 2 is 1.52 bits per heavy atom. The van der Waals surface area contributed by atoms with Crippen molar-refractivity contribution in [2.75, 3.05) is 6.54 Å². The predicted octanol–water partition coefficient (Wildman–Crippen LogP) is 5.85. The van der Waals surface area contributed by atoms with E-state index in [4.69, 9.17) is 0 Å². The van der Waals surface area contributed by atoms with Gasteiger partial charge in [-0.1, -0.05) is 103 Å². The Hall–Kier alpha value is -3.43. The maximum Gasteiger partial charge on any atom is 0.251 e. The fourth-order valence-electron chi connectivity index (χ4n) is 4.36. The second-order valence-electron chi connectivity index (χ2n) is 8.72. The van der Waals surface area contributed by atoms with Gasteiger partial charge in [-0.2, -0.15) is 0 Å². The highest BCUT2D eigenvalue weighted by atomic mass is 16.2. The van der Waals surface area contributed by atoms with Crippen molar-refractivity contribution in [1.29, 1.82) is 0 Å². The summed E-state index contributed by atoms with van der Waals surface area (Å²) in [6, 6.07) is 31.1. The number of nitrogens with zero attached hydrogens (tertiary/aromatic N) is 1. The zero-order valence-electron chi connectivity index (χ0n) is 19.4. The van der Waals surface area contributed by atoms with Gasteiger partial charge in [-0.05, 0) is 36.1 Å². The minimum Gasteiger partial charge on any atom is -0.334 e. The van der Waals surface area contributed by atoms with Gasteiger partial charge in [0.05, 0.1) is 0 Å². The van der Waals surface area contributed by atoms with E-state index in [-0.39, 0.29) is 17.9 Å². The average Bonchev–Trinajstić information content (AvgIpc) is 3.17. The quantitative estimate of drug-likeness (QED) is 0.355. The first-order valence-corrected chi connectivity index (χ1v) is 11.7. The number of carbonyl (C=O) groups is 1. The zero-order chi connectivity index (χ0) is 23.0. The molecule has 1 heterocycles. The lowest BCUT2D eigenvalue weighted by molar-refractivity contribution is -0.125. The van der Waals surface area contributed by atoms with Crippen LogP contribution in [0.2, 0.25) is 0 Å². The topological polar surface area (TPSA) is 32.3 Å². The Balaban J connectivity index is 1.54. The Bertz CT molecular complexity index is 1100. The molecule has 0 saturated carbocycles. The number of likely N-dealkylation sites (tertiary alicyclic amines) is 1. The van der Waals surface area contributed by atoms with Crippen molar-refractivity contribution < 1.29 is 4.79 Å². The van der Waals surface area contributed by atoms with Gasteiger partial charge in [0, 0.05) is 37.2 Å². The monoisotopic (exact) mass is 436 g/mol. The van der Waals surface area contributed by atoms with Crippen LogP contribution < -0.4 is 5.32 Å². The molecule has 1 N–H and O–H groups in total. The summed E-state index contributed by atoms with van der Waals surface area (Å²) in [5.41, 5.74) is 5.50. The maximum absolute atomic E-state index is 13.5. The van der Waals surface area contributed by atoms with Gasteiger partial charge in [-0.15, -0.1) is 0 Å². The molecule has 0 spiro atoms. The van der Waals surface area contributed by atoms with Crippen LogP contribution in [0.5, 0.6) is 0 Å². The second-order valence-corrected chi connectivity index (χ2v) is 8.72. The summed E-state index contributed by atoms with van der Waals surface area (Å²) >= 11 is 0. The average molecular weight is 437 g/mol. The van der Waals surface area contributed by atoms with Gasteiger partial charge < -0.3 is 10.2 Å². The van der Waals surface area contributed by atoms with E-state index in [9.17, 15) is 4.79 Å². The van der Waals surface area contributed by atoms with Crippen LogP contribution in [0.3, 0.4) is 0 Å². The summed E-state index contributed by atoms with van der Waals surface area (Å²) < 4.78 is 0. The molecule has 4 rings (SSSR count).